The third-order valence-electron chi connectivity index (χ3n) is 3.17. The summed E-state index contributed by atoms with van der Waals surface area (Å²) in [7, 11) is 0. The Morgan fingerprint density at radius 3 is 2.95 bits per heavy atom. The van der Waals surface area contributed by atoms with Gasteiger partial charge in [0.25, 0.3) is 0 Å². The molecule has 0 unspecified atom stereocenters. The molecule has 2 rings (SSSR count). The lowest BCUT2D eigenvalue weighted by atomic mass is 10.1. The minimum Gasteiger partial charge on any atom is -0.382 e. The molecule has 1 aromatic rings. The normalized spacial score (nSPS) is 14.9. The van der Waals surface area contributed by atoms with Crippen LogP contribution in [-0.2, 0) is 0 Å². The van der Waals surface area contributed by atoms with Crippen molar-refractivity contribution in [1.29, 1.82) is 0 Å². The van der Waals surface area contributed by atoms with Gasteiger partial charge in [-0.15, -0.1) is 0 Å². The van der Waals surface area contributed by atoms with Crippen LogP contribution in [-0.4, -0.2) is 25.5 Å². The number of carbonyl (C=O) groups is 1. The Kier molecular flexibility index (Phi) is 4.52. The molecular formula is C14H18FN3O. The third kappa shape index (κ3) is 3.79. The number of carbonyl (C=O) groups excluding carboxylic acids is 1. The van der Waals surface area contributed by atoms with Gasteiger partial charge < -0.3 is 16.4 Å². The molecule has 0 spiro atoms. The fourth-order valence-corrected chi connectivity index (χ4v) is 2.07. The molecule has 0 bridgehead atoms. The molecular weight excluding hydrogens is 245 g/mol. The molecule has 1 aromatic carbocycles. The number of anilines is 1. The highest BCUT2D eigenvalue weighted by Gasteiger charge is 2.07. The van der Waals surface area contributed by atoms with E-state index in [4.69, 9.17) is 5.73 Å². The van der Waals surface area contributed by atoms with Crippen molar-refractivity contribution in [2.24, 2.45) is 5.73 Å². The van der Waals surface area contributed by atoms with E-state index in [0.29, 0.717) is 12.2 Å². The van der Waals surface area contributed by atoms with Gasteiger partial charge in [0.05, 0.1) is 5.69 Å². The fourth-order valence-electron chi connectivity index (χ4n) is 2.07. The number of primary amides is 1. The van der Waals surface area contributed by atoms with Crippen molar-refractivity contribution in [3.63, 3.8) is 0 Å². The summed E-state index contributed by atoms with van der Waals surface area (Å²) in [6.07, 6.45) is 4.13. The van der Waals surface area contributed by atoms with Crippen LogP contribution in [0, 0.1) is 5.82 Å². The van der Waals surface area contributed by atoms with Gasteiger partial charge in [-0.05, 0) is 37.6 Å². The van der Waals surface area contributed by atoms with E-state index in [1.807, 2.05) is 0 Å². The number of nitrogens with one attached hydrogen (secondary N) is 2. The zero-order valence-electron chi connectivity index (χ0n) is 10.7. The van der Waals surface area contributed by atoms with Crippen molar-refractivity contribution in [3.05, 3.63) is 41.2 Å². The lowest BCUT2D eigenvalue weighted by molar-refractivity contribution is 0.1000. The van der Waals surface area contributed by atoms with Gasteiger partial charge in [-0.25, -0.2) is 4.39 Å². The van der Waals surface area contributed by atoms with Crippen molar-refractivity contribution in [2.75, 3.05) is 25.0 Å². The Hall–Kier alpha value is -1.88. The molecule has 102 valence electrons. The first-order chi connectivity index (χ1) is 9.16. The quantitative estimate of drug-likeness (QED) is 0.708. The van der Waals surface area contributed by atoms with Crippen LogP contribution in [0.5, 0.6) is 0 Å². The van der Waals surface area contributed by atoms with Crippen molar-refractivity contribution in [1.82, 2.24) is 5.32 Å². The van der Waals surface area contributed by atoms with E-state index in [9.17, 15) is 9.18 Å². The number of amides is 1. The molecule has 0 saturated carbocycles. The van der Waals surface area contributed by atoms with Gasteiger partial charge in [0, 0.05) is 18.7 Å². The third-order valence-corrected chi connectivity index (χ3v) is 3.17. The number of hydrogen-bond donors (Lipinski definition) is 3. The smallest absolute Gasteiger partial charge is 0.248 e. The van der Waals surface area contributed by atoms with Gasteiger partial charge in [-0.1, -0.05) is 11.6 Å². The molecule has 0 radical (unpaired) electrons. The zero-order chi connectivity index (χ0) is 13.7. The van der Waals surface area contributed by atoms with Crippen LogP contribution in [0.3, 0.4) is 0 Å². The number of rotatable bonds is 5. The van der Waals surface area contributed by atoms with Crippen LogP contribution in [0.15, 0.2) is 29.8 Å². The Balaban J connectivity index is 1.89. The van der Waals surface area contributed by atoms with Crippen LogP contribution in [0.1, 0.15) is 23.2 Å². The number of benzene rings is 1. The van der Waals surface area contributed by atoms with Gasteiger partial charge in [0.2, 0.25) is 5.91 Å². The maximum absolute atomic E-state index is 13.7. The van der Waals surface area contributed by atoms with Crippen molar-refractivity contribution in [3.8, 4) is 0 Å². The van der Waals surface area contributed by atoms with E-state index < -0.39 is 11.7 Å². The van der Waals surface area contributed by atoms with Crippen molar-refractivity contribution >= 4 is 11.6 Å². The number of nitrogens with two attached hydrogens (primary N) is 1. The summed E-state index contributed by atoms with van der Waals surface area (Å²) in [4.78, 5) is 10.9. The van der Waals surface area contributed by atoms with E-state index in [-0.39, 0.29) is 5.56 Å². The molecule has 19 heavy (non-hydrogen) atoms. The molecule has 1 aliphatic heterocycles. The molecule has 0 saturated heterocycles. The first-order valence-corrected chi connectivity index (χ1v) is 6.38. The summed E-state index contributed by atoms with van der Waals surface area (Å²) in [5.74, 6) is -1.07. The Morgan fingerprint density at radius 2 is 2.32 bits per heavy atom. The van der Waals surface area contributed by atoms with Crippen LogP contribution >= 0.6 is 0 Å². The Bertz CT molecular complexity index is 499. The van der Waals surface area contributed by atoms with E-state index in [0.717, 1.165) is 32.0 Å². The summed E-state index contributed by atoms with van der Waals surface area (Å²) >= 11 is 0. The predicted octanol–water partition coefficient (Wildman–Crippen LogP) is 1.65. The second kappa shape index (κ2) is 6.33. The predicted molar refractivity (Wildman–Crippen MR) is 73.6 cm³/mol. The molecule has 1 heterocycles. The van der Waals surface area contributed by atoms with Crippen LogP contribution in [0.2, 0.25) is 0 Å². The summed E-state index contributed by atoms with van der Waals surface area (Å²) in [5, 5.41) is 6.29. The van der Waals surface area contributed by atoms with Gasteiger partial charge >= 0.3 is 0 Å². The highest BCUT2D eigenvalue weighted by Crippen LogP contribution is 2.16. The SMILES string of the molecule is NC(=O)c1ccc(NCCC2=CCNCC2)c(F)c1. The van der Waals surface area contributed by atoms with E-state index in [1.165, 1.54) is 11.6 Å². The van der Waals surface area contributed by atoms with Crippen LogP contribution < -0.4 is 16.4 Å². The van der Waals surface area contributed by atoms with Gasteiger partial charge in [-0.3, -0.25) is 4.79 Å². The maximum Gasteiger partial charge on any atom is 0.248 e. The van der Waals surface area contributed by atoms with Gasteiger partial charge in [0.15, 0.2) is 0 Å². The lowest BCUT2D eigenvalue weighted by Gasteiger charge is -2.15. The summed E-state index contributed by atoms with van der Waals surface area (Å²) in [6, 6.07) is 4.23. The summed E-state index contributed by atoms with van der Waals surface area (Å²) < 4.78 is 13.7. The minimum atomic E-state index is -0.620. The first-order valence-electron chi connectivity index (χ1n) is 6.38. The molecule has 0 fully saturated rings. The van der Waals surface area contributed by atoms with Crippen molar-refractivity contribution in [2.45, 2.75) is 12.8 Å². The van der Waals surface area contributed by atoms with Crippen LogP contribution in [0.25, 0.3) is 0 Å². The number of halogens is 1. The second-order valence-corrected chi connectivity index (χ2v) is 4.55. The van der Waals surface area contributed by atoms with E-state index in [2.05, 4.69) is 16.7 Å². The molecule has 5 heteroatoms. The summed E-state index contributed by atoms with van der Waals surface area (Å²) in [5.41, 5.74) is 7.07. The monoisotopic (exact) mass is 263 g/mol. The molecule has 4 nitrogen and oxygen atoms in total. The van der Waals surface area contributed by atoms with Crippen LogP contribution in [0.4, 0.5) is 10.1 Å². The molecule has 1 aliphatic rings. The molecule has 0 aliphatic carbocycles. The van der Waals surface area contributed by atoms with Gasteiger partial charge in [-0.2, -0.15) is 0 Å². The average Bonchev–Trinajstić information content (AvgIpc) is 2.41. The Labute approximate surface area is 111 Å². The van der Waals surface area contributed by atoms with Gasteiger partial charge in [0.1, 0.15) is 5.82 Å². The van der Waals surface area contributed by atoms with E-state index in [1.54, 1.807) is 6.07 Å². The molecule has 4 N–H and O–H groups in total. The molecule has 1 amide bonds. The average molecular weight is 263 g/mol. The highest BCUT2D eigenvalue weighted by molar-refractivity contribution is 5.93. The first kappa shape index (κ1) is 13.5. The fraction of sp³-hybridized carbons (Fsp3) is 0.357. The minimum absolute atomic E-state index is 0.184. The number of hydrogen-bond acceptors (Lipinski definition) is 3. The van der Waals surface area contributed by atoms with E-state index >= 15 is 0 Å². The zero-order valence-corrected chi connectivity index (χ0v) is 10.7. The van der Waals surface area contributed by atoms with Crippen molar-refractivity contribution < 1.29 is 9.18 Å². The Morgan fingerprint density at radius 1 is 1.47 bits per heavy atom. The molecule has 0 atom stereocenters. The topological polar surface area (TPSA) is 67.2 Å². The maximum atomic E-state index is 13.7. The summed E-state index contributed by atoms with van der Waals surface area (Å²) in [6.45, 7) is 2.60. The highest BCUT2D eigenvalue weighted by atomic mass is 19.1. The second-order valence-electron chi connectivity index (χ2n) is 4.55. The lowest BCUT2D eigenvalue weighted by Crippen LogP contribution is -2.21. The standard InChI is InChI=1S/C14H18FN3O/c15-12-9-11(14(16)19)1-2-13(12)18-8-5-10-3-6-17-7-4-10/h1-3,9,17-18H,4-8H2,(H2,16,19). The molecule has 0 aromatic heterocycles. The largest absolute Gasteiger partial charge is 0.382 e.